The molecule has 0 spiro atoms. The minimum atomic E-state index is 1.24. The Bertz CT molecular complexity index is 207. The van der Waals surface area contributed by atoms with Crippen molar-refractivity contribution in [2.75, 3.05) is 0 Å². The van der Waals surface area contributed by atoms with Crippen molar-refractivity contribution >= 4 is 16.4 Å². The highest BCUT2D eigenvalue weighted by molar-refractivity contribution is 8.00. The molecule has 0 aromatic rings. The molecule has 1 aliphatic rings. The predicted octanol–water partition coefficient (Wildman–Crippen LogP) is 3.67. The first-order chi connectivity index (χ1) is 5.93. The topological polar surface area (TPSA) is 0 Å². The summed E-state index contributed by atoms with van der Waals surface area (Å²) in [4.78, 5) is 0. The van der Waals surface area contributed by atoms with E-state index in [9.17, 15) is 0 Å². The van der Waals surface area contributed by atoms with Crippen molar-refractivity contribution in [2.45, 2.75) is 45.4 Å². The van der Waals surface area contributed by atoms with Crippen molar-refractivity contribution in [1.82, 2.24) is 0 Å². The van der Waals surface area contributed by atoms with Gasteiger partial charge in [0, 0.05) is 5.57 Å². The molecule has 0 amide bonds. The van der Waals surface area contributed by atoms with Crippen LogP contribution in [0.3, 0.4) is 0 Å². The Balaban J connectivity index is 1.96. The van der Waals surface area contributed by atoms with Gasteiger partial charge in [0.25, 0.3) is 0 Å². The van der Waals surface area contributed by atoms with Crippen LogP contribution in [-0.4, -0.2) is 5.02 Å². The Labute approximate surface area is 79.3 Å². The van der Waals surface area contributed by atoms with Gasteiger partial charge < -0.3 is 0 Å². The first-order valence-electron chi connectivity index (χ1n) is 4.91. The molecule has 0 bridgehead atoms. The summed E-state index contributed by atoms with van der Waals surface area (Å²) in [5.74, 6) is 0. The molecule has 0 saturated carbocycles. The number of unbranched alkanes of at least 4 members (excludes halogenated alkanes) is 4. The number of hydrogen-bond donors (Lipinski definition) is 1. The van der Waals surface area contributed by atoms with E-state index in [1.807, 2.05) is 0 Å². The molecule has 12 heavy (non-hydrogen) atoms. The van der Waals surface area contributed by atoms with E-state index in [1.165, 1.54) is 55.4 Å². The van der Waals surface area contributed by atoms with Crippen LogP contribution < -0.4 is 0 Å². The molecule has 0 aliphatic carbocycles. The molecular formula is C11H18S. The van der Waals surface area contributed by atoms with Crippen LogP contribution in [0.1, 0.15) is 45.4 Å². The van der Waals surface area contributed by atoms with Crippen LogP contribution in [0.4, 0.5) is 0 Å². The summed E-state index contributed by atoms with van der Waals surface area (Å²) in [6.45, 7) is 2.26. The lowest BCUT2D eigenvalue weighted by atomic mass is 10.1. The second-order valence-electron chi connectivity index (χ2n) is 3.25. The third-order valence-electron chi connectivity index (χ3n) is 2.11. The number of allylic oxidation sites excluding steroid dienone is 2. The van der Waals surface area contributed by atoms with E-state index in [4.69, 9.17) is 0 Å². The Morgan fingerprint density at radius 1 is 1.25 bits per heavy atom. The zero-order valence-electron chi connectivity index (χ0n) is 7.84. The maximum Gasteiger partial charge on any atom is 0.000655 e. The summed E-state index contributed by atoms with van der Waals surface area (Å²) < 4.78 is 0. The minimum absolute atomic E-state index is 1.24. The Morgan fingerprint density at radius 2 is 2.08 bits per heavy atom. The number of rotatable bonds is 6. The fraction of sp³-hybridized carbons (Fsp3) is 0.636. The van der Waals surface area contributed by atoms with E-state index in [1.54, 1.807) is 0 Å². The molecule has 1 heterocycles. The monoisotopic (exact) mass is 182 g/mol. The lowest BCUT2D eigenvalue weighted by Crippen LogP contribution is -1.80. The molecule has 0 nitrogen and oxygen atoms in total. The van der Waals surface area contributed by atoms with E-state index in [-0.39, 0.29) is 0 Å². The van der Waals surface area contributed by atoms with Gasteiger partial charge in [-0.3, -0.25) is 0 Å². The summed E-state index contributed by atoms with van der Waals surface area (Å²) in [6, 6.07) is 0. The van der Waals surface area contributed by atoms with E-state index >= 15 is 0 Å². The van der Waals surface area contributed by atoms with Crippen molar-refractivity contribution in [3.8, 4) is 0 Å². The molecule has 1 aliphatic heterocycles. The van der Waals surface area contributed by atoms with E-state index in [0.29, 0.717) is 0 Å². The van der Waals surface area contributed by atoms with Gasteiger partial charge in [0.1, 0.15) is 0 Å². The summed E-state index contributed by atoms with van der Waals surface area (Å²) >= 11 is 1.26. The Kier molecular flexibility index (Phi) is 5.14. The molecule has 0 aromatic heterocycles. The fourth-order valence-corrected chi connectivity index (χ4v) is 2.02. The van der Waals surface area contributed by atoms with Crippen molar-refractivity contribution < 1.29 is 0 Å². The van der Waals surface area contributed by atoms with Gasteiger partial charge in [0.2, 0.25) is 0 Å². The largest absolute Gasteiger partial charge is 0.133 e. The lowest BCUT2D eigenvalue weighted by molar-refractivity contribution is 0.634. The van der Waals surface area contributed by atoms with Crippen LogP contribution in [0.15, 0.2) is 17.1 Å². The van der Waals surface area contributed by atoms with Gasteiger partial charge in [-0.15, -0.1) is 11.4 Å². The van der Waals surface area contributed by atoms with Crippen LogP contribution in [0, 0.1) is 0 Å². The van der Waals surface area contributed by atoms with Crippen LogP contribution in [0.2, 0.25) is 0 Å². The third-order valence-corrected chi connectivity index (χ3v) is 2.82. The zero-order valence-corrected chi connectivity index (χ0v) is 8.74. The van der Waals surface area contributed by atoms with Crippen LogP contribution in [0.5, 0.6) is 0 Å². The maximum atomic E-state index is 3.33. The van der Waals surface area contributed by atoms with Crippen molar-refractivity contribution in [1.29, 1.82) is 0 Å². The molecular weight excluding hydrogens is 164 g/mol. The summed E-state index contributed by atoms with van der Waals surface area (Å²) in [5.41, 5.74) is 1.42. The van der Waals surface area contributed by atoms with Crippen LogP contribution in [-0.2, 0) is 0 Å². The average Bonchev–Trinajstić information content (AvgIpc) is 2.57. The fourth-order valence-electron chi connectivity index (χ4n) is 1.34. The van der Waals surface area contributed by atoms with E-state index in [0.717, 1.165) is 0 Å². The zero-order chi connectivity index (χ0) is 8.65. The van der Waals surface area contributed by atoms with Gasteiger partial charge in [-0.25, -0.2) is 0 Å². The number of thiol groups is 1. The van der Waals surface area contributed by atoms with Gasteiger partial charge in [-0.05, 0) is 24.3 Å². The van der Waals surface area contributed by atoms with Gasteiger partial charge in [0.05, 0.1) is 0 Å². The summed E-state index contributed by atoms with van der Waals surface area (Å²) in [7, 11) is 0. The van der Waals surface area contributed by atoms with Crippen molar-refractivity contribution in [2.24, 2.45) is 0 Å². The molecule has 0 atom stereocenters. The highest BCUT2D eigenvalue weighted by Crippen LogP contribution is 2.13. The summed E-state index contributed by atoms with van der Waals surface area (Å²) in [6.07, 6.45) is 10.3. The van der Waals surface area contributed by atoms with Gasteiger partial charge in [0.15, 0.2) is 0 Å². The molecule has 0 fully saturated rings. The molecule has 1 rings (SSSR count). The lowest BCUT2D eigenvalue weighted by Gasteiger charge is -1.98. The van der Waals surface area contributed by atoms with Crippen LogP contribution >= 0.6 is 11.4 Å². The number of hydrogen-bond acceptors (Lipinski definition) is 0. The molecule has 0 N–H and O–H groups in total. The Hall–Kier alpha value is -0.260. The molecule has 0 unspecified atom stereocenters. The molecule has 68 valence electrons. The quantitative estimate of drug-likeness (QED) is 0.362. The van der Waals surface area contributed by atoms with E-state index in [2.05, 4.69) is 23.4 Å². The molecule has 0 saturated heterocycles. The van der Waals surface area contributed by atoms with Crippen molar-refractivity contribution in [3.63, 3.8) is 0 Å². The molecule has 0 aromatic carbocycles. The minimum Gasteiger partial charge on any atom is -0.133 e. The first-order valence-corrected chi connectivity index (χ1v) is 5.88. The smallest absolute Gasteiger partial charge is 0.000655 e. The predicted molar refractivity (Wildman–Crippen MR) is 60.0 cm³/mol. The van der Waals surface area contributed by atoms with Crippen molar-refractivity contribution in [3.05, 3.63) is 17.1 Å². The van der Waals surface area contributed by atoms with E-state index < -0.39 is 0 Å². The highest BCUT2D eigenvalue weighted by atomic mass is 32.1. The third kappa shape index (κ3) is 3.94. The SMILES string of the molecule is CCCCCCCC1=C=[SH]C=C1. The summed E-state index contributed by atoms with van der Waals surface area (Å²) in [5, 5.41) is 5.49. The standard InChI is InChI=1S/C11H18S/c1-2-3-4-5-6-7-11-8-9-12-10-11/h8-9,12H,2-7H2,1H3. The van der Waals surface area contributed by atoms with Gasteiger partial charge >= 0.3 is 0 Å². The second-order valence-corrected chi connectivity index (χ2v) is 4.03. The maximum absolute atomic E-state index is 3.33. The van der Waals surface area contributed by atoms with Gasteiger partial charge in [-0.2, -0.15) is 0 Å². The highest BCUT2D eigenvalue weighted by Gasteiger charge is 1.94. The average molecular weight is 182 g/mol. The second kappa shape index (κ2) is 6.28. The first kappa shape index (κ1) is 9.83. The van der Waals surface area contributed by atoms with Gasteiger partial charge in [-0.1, -0.05) is 37.6 Å². The molecule has 1 heteroatoms. The molecule has 0 radical (unpaired) electrons. The Morgan fingerprint density at radius 3 is 2.75 bits per heavy atom. The normalized spacial score (nSPS) is 14.6. The van der Waals surface area contributed by atoms with Crippen LogP contribution in [0.25, 0.3) is 0 Å².